The van der Waals surface area contributed by atoms with Crippen LogP contribution in [0.15, 0.2) is 59.6 Å². The summed E-state index contributed by atoms with van der Waals surface area (Å²) in [6, 6.07) is 18.6. The largest absolute Gasteiger partial charge is 0.357 e. The van der Waals surface area contributed by atoms with E-state index < -0.39 is 0 Å². The minimum Gasteiger partial charge on any atom is -0.357 e. The monoisotopic (exact) mass is 364 g/mol. The van der Waals surface area contributed by atoms with Gasteiger partial charge in [0.05, 0.1) is 6.54 Å². The number of hydrogen-bond donors (Lipinski definition) is 2. The molecule has 0 radical (unpaired) electrons. The third kappa shape index (κ3) is 5.58. The smallest absolute Gasteiger partial charge is 0.227 e. The van der Waals surface area contributed by atoms with Crippen LogP contribution in [0.5, 0.6) is 0 Å². The second-order valence-electron chi connectivity index (χ2n) is 6.67. The number of rotatable bonds is 7. The summed E-state index contributed by atoms with van der Waals surface area (Å²) in [7, 11) is 0. The van der Waals surface area contributed by atoms with E-state index in [-0.39, 0.29) is 5.91 Å². The lowest BCUT2D eigenvalue weighted by molar-refractivity contribution is -0.117. The van der Waals surface area contributed by atoms with Crippen molar-refractivity contribution in [1.82, 2.24) is 10.6 Å². The number of guanidine groups is 1. The van der Waals surface area contributed by atoms with E-state index in [4.69, 9.17) is 0 Å². The molecule has 142 valence electrons. The summed E-state index contributed by atoms with van der Waals surface area (Å²) in [6.07, 6.45) is 2.57. The van der Waals surface area contributed by atoms with Crippen LogP contribution in [-0.2, 0) is 17.8 Å². The Kier molecular flexibility index (Phi) is 6.85. The standard InChI is InChI=1S/C22H28N4O/c1-2-23-22(24-15-14-18-7-4-3-5-8-18)25-17-19-10-12-20(13-11-19)26-16-6-9-21(26)27/h3-5,7-8,10-13H,2,6,9,14-17H2,1H3,(H2,23,24,25). The molecule has 0 aromatic heterocycles. The quantitative estimate of drug-likeness (QED) is 0.586. The molecule has 3 rings (SSSR count). The predicted molar refractivity (Wildman–Crippen MR) is 111 cm³/mol. The molecule has 5 heteroatoms. The lowest BCUT2D eigenvalue weighted by Gasteiger charge is -2.16. The first-order chi connectivity index (χ1) is 13.3. The number of carbonyl (C=O) groups is 1. The van der Waals surface area contributed by atoms with Crippen LogP contribution in [0.3, 0.4) is 0 Å². The number of nitrogens with zero attached hydrogens (tertiary/aromatic N) is 2. The number of amides is 1. The van der Waals surface area contributed by atoms with Crippen LogP contribution in [0.4, 0.5) is 5.69 Å². The molecule has 2 N–H and O–H groups in total. The third-order valence-corrected chi connectivity index (χ3v) is 4.63. The second kappa shape index (κ2) is 9.76. The maximum atomic E-state index is 11.8. The van der Waals surface area contributed by atoms with E-state index >= 15 is 0 Å². The molecule has 1 amide bonds. The molecule has 1 saturated heterocycles. The third-order valence-electron chi connectivity index (χ3n) is 4.63. The van der Waals surface area contributed by atoms with Crippen LogP contribution >= 0.6 is 0 Å². The van der Waals surface area contributed by atoms with Crippen LogP contribution in [0, 0.1) is 0 Å². The number of aliphatic imine (C=N–C) groups is 1. The van der Waals surface area contributed by atoms with Crippen molar-refractivity contribution >= 4 is 17.6 Å². The van der Waals surface area contributed by atoms with Crippen molar-refractivity contribution < 1.29 is 4.79 Å². The van der Waals surface area contributed by atoms with Gasteiger partial charge in [0.1, 0.15) is 0 Å². The van der Waals surface area contributed by atoms with E-state index in [1.54, 1.807) is 0 Å². The Hall–Kier alpha value is -2.82. The fourth-order valence-corrected chi connectivity index (χ4v) is 3.18. The van der Waals surface area contributed by atoms with Gasteiger partial charge in [0.25, 0.3) is 0 Å². The Bertz CT molecular complexity index is 756. The van der Waals surface area contributed by atoms with Gasteiger partial charge in [-0.05, 0) is 43.0 Å². The normalized spacial score (nSPS) is 14.5. The summed E-state index contributed by atoms with van der Waals surface area (Å²) in [5.41, 5.74) is 3.43. The Labute approximate surface area is 161 Å². The van der Waals surface area contributed by atoms with Crippen LogP contribution < -0.4 is 15.5 Å². The van der Waals surface area contributed by atoms with Crippen LogP contribution in [-0.4, -0.2) is 31.5 Å². The SMILES string of the molecule is CCNC(=NCc1ccc(N2CCCC2=O)cc1)NCCc1ccccc1. The van der Waals surface area contributed by atoms with Gasteiger partial charge in [-0.3, -0.25) is 4.79 Å². The Morgan fingerprint density at radius 1 is 1.04 bits per heavy atom. The fraction of sp³-hybridized carbons (Fsp3) is 0.364. The molecule has 1 fully saturated rings. The molecule has 0 spiro atoms. The number of hydrogen-bond acceptors (Lipinski definition) is 2. The lowest BCUT2D eigenvalue weighted by Crippen LogP contribution is -2.38. The molecule has 1 aliphatic heterocycles. The van der Waals surface area contributed by atoms with Gasteiger partial charge in [0.2, 0.25) is 5.91 Å². The molecule has 5 nitrogen and oxygen atoms in total. The Morgan fingerprint density at radius 2 is 1.81 bits per heavy atom. The highest BCUT2D eigenvalue weighted by atomic mass is 16.2. The Balaban J connectivity index is 1.53. The number of benzene rings is 2. The van der Waals surface area contributed by atoms with E-state index in [1.807, 2.05) is 23.1 Å². The zero-order valence-electron chi connectivity index (χ0n) is 15.9. The highest BCUT2D eigenvalue weighted by molar-refractivity contribution is 5.95. The number of nitrogens with one attached hydrogen (secondary N) is 2. The van der Waals surface area contributed by atoms with Crippen molar-refractivity contribution in [1.29, 1.82) is 0 Å². The van der Waals surface area contributed by atoms with Gasteiger partial charge >= 0.3 is 0 Å². The average Bonchev–Trinajstić information content (AvgIpc) is 3.13. The highest BCUT2D eigenvalue weighted by Gasteiger charge is 2.21. The first kappa shape index (κ1) is 19.0. The molecule has 1 heterocycles. The molecule has 2 aromatic carbocycles. The molecular formula is C22H28N4O. The molecule has 27 heavy (non-hydrogen) atoms. The first-order valence-corrected chi connectivity index (χ1v) is 9.71. The molecular weight excluding hydrogens is 336 g/mol. The van der Waals surface area contributed by atoms with Crippen molar-refractivity contribution in [3.05, 3.63) is 65.7 Å². The van der Waals surface area contributed by atoms with E-state index in [1.165, 1.54) is 5.56 Å². The van der Waals surface area contributed by atoms with E-state index in [9.17, 15) is 4.79 Å². The van der Waals surface area contributed by atoms with Crippen molar-refractivity contribution in [2.24, 2.45) is 4.99 Å². The summed E-state index contributed by atoms with van der Waals surface area (Å²) in [5.74, 6) is 1.05. The molecule has 0 atom stereocenters. The summed E-state index contributed by atoms with van der Waals surface area (Å²) in [6.45, 7) is 5.16. The zero-order chi connectivity index (χ0) is 18.9. The van der Waals surface area contributed by atoms with Crippen molar-refractivity contribution in [3.63, 3.8) is 0 Å². The van der Waals surface area contributed by atoms with Gasteiger partial charge in [-0.25, -0.2) is 4.99 Å². The minimum absolute atomic E-state index is 0.220. The molecule has 0 unspecified atom stereocenters. The first-order valence-electron chi connectivity index (χ1n) is 9.71. The predicted octanol–water partition coefficient (Wildman–Crippen LogP) is 3.11. The molecule has 1 aliphatic rings. The van der Waals surface area contributed by atoms with E-state index in [2.05, 4.69) is 58.9 Å². The van der Waals surface area contributed by atoms with Gasteiger partial charge in [0.15, 0.2) is 5.96 Å². The topological polar surface area (TPSA) is 56.7 Å². The maximum absolute atomic E-state index is 11.8. The summed E-state index contributed by atoms with van der Waals surface area (Å²) in [4.78, 5) is 18.4. The average molecular weight is 364 g/mol. The van der Waals surface area contributed by atoms with Gasteiger partial charge in [-0.15, -0.1) is 0 Å². The summed E-state index contributed by atoms with van der Waals surface area (Å²) in [5, 5.41) is 6.67. The molecule has 2 aromatic rings. The van der Waals surface area contributed by atoms with Crippen LogP contribution in [0.1, 0.15) is 30.9 Å². The summed E-state index contributed by atoms with van der Waals surface area (Å²) < 4.78 is 0. The second-order valence-corrected chi connectivity index (χ2v) is 6.67. The maximum Gasteiger partial charge on any atom is 0.227 e. The minimum atomic E-state index is 0.220. The Morgan fingerprint density at radius 3 is 2.48 bits per heavy atom. The van der Waals surface area contributed by atoms with Crippen LogP contribution in [0.2, 0.25) is 0 Å². The van der Waals surface area contributed by atoms with E-state index in [0.717, 1.165) is 49.7 Å². The van der Waals surface area contributed by atoms with Crippen molar-refractivity contribution in [3.8, 4) is 0 Å². The lowest BCUT2D eigenvalue weighted by atomic mass is 10.1. The number of carbonyl (C=O) groups excluding carboxylic acids is 1. The van der Waals surface area contributed by atoms with Gasteiger partial charge < -0.3 is 15.5 Å². The van der Waals surface area contributed by atoms with Crippen molar-refractivity contribution in [2.45, 2.75) is 32.7 Å². The number of anilines is 1. The van der Waals surface area contributed by atoms with E-state index in [0.29, 0.717) is 13.0 Å². The molecule has 0 aliphatic carbocycles. The van der Waals surface area contributed by atoms with Crippen molar-refractivity contribution in [2.75, 3.05) is 24.5 Å². The highest BCUT2D eigenvalue weighted by Crippen LogP contribution is 2.21. The van der Waals surface area contributed by atoms with Gasteiger partial charge in [-0.1, -0.05) is 42.5 Å². The zero-order valence-corrected chi connectivity index (χ0v) is 15.9. The molecule has 0 bridgehead atoms. The van der Waals surface area contributed by atoms with Crippen LogP contribution in [0.25, 0.3) is 0 Å². The van der Waals surface area contributed by atoms with Gasteiger partial charge in [-0.2, -0.15) is 0 Å². The summed E-state index contributed by atoms with van der Waals surface area (Å²) >= 11 is 0. The fourth-order valence-electron chi connectivity index (χ4n) is 3.18. The van der Waals surface area contributed by atoms with Gasteiger partial charge in [0, 0.05) is 31.7 Å². The molecule has 0 saturated carbocycles.